The molecule has 0 N–H and O–H groups in total. The predicted molar refractivity (Wildman–Crippen MR) is 88.6 cm³/mol. The summed E-state index contributed by atoms with van der Waals surface area (Å²) < 4.78 is 0. The standard InChI is InChI=1S/C18H23N2/c1-5-20(6-2)18-14-10-8-12-16(18)15-11-7-9-13-17(15)19(3)4/h7-12,14H,5-6H2,1-4H3. The monoisotopic (exact) mass is 267 g/mol. The summed E-state index contributed by atoms with van der Waals surface area (Å²) >= 11 is 0. The third-order valence-corrected chi connectivity index (χ3v) is 3.58. The van der Waals surface area contributed by atoms with E-state index in [4.69, 9.17) is 0 Å². The third kappa shape index (κ3) is 2.79. The minimum Gasteiger partial charge on any atom is -0.377 e. The molecule has 105 valence electrons. The first kappa shape index (κ1) is 14.4. The summed E-state index contributed by atoms with van der Waals surface area (Å²) in [5.74, 6) is 0. The average Bonchev–Trinajstić information content (AvgIpc) is 2.49. The van der Waals surface area contributed by atoms with Gasteiger partial charge in [0.2, 0.25) is 0 Å². The van der Waals surface area contributed by atoms with Gasteiger partial charge in [0.1, 0.15) is 0 Å². The van der Waals surface area contributed by atoms with Crippen LogP contribution in [-0.2, 0) is 0 Å². The Labute approximate surface area is 122 Å². The van der Waals surface area contributed by atoms with E-state index in [-0.39, 0.29) is 0 Å². The number of para-hydroxylation sites is 2. The zero-order chi connectivity index (χ0) is 14.5. The minimum atomic E-state index is 1.02. The van der Waals surface area contributed by atoms with Crippen molar-refractivity contribution in [1.29, 1.82) is 0 Å². The highest BCUT2D eigenvalue weighted by atomic mass is 15.1. The molecule has 0 unspecified atom stereocenters. The van der Waals surface area contributed by atoms with Gasteiger partial charge in [-0.3, -0.25) is 0 Å². The van der Waals surface area contributed by atoms with Gasteiger partial charge >= 0.3 is 0 Å². The molecular formula is C18H23N2. The van der Waals surface area contributed by atoms with Crippen LogP contribution in [0, 0.1) is 6.07 Å². The van der Waals surface area contributed by atoms with Crippen molar-refractivity contribution in [2.75, 3.05) is 37.0 Å². The Balaban J connectivity index is 2.59. The van der Waals surface area contributed by atoms with Crippen molar-refractivity contribution in [2.24, 2.45) is 0 Å². The molecule has 2 aromatic rings. The lowest BCUT2D eigenvalue weighted by molar-refractivity contribution is 0.867. The molecule has 0 aromatic heterocycles. The Hall–Kier alpha value is -1.96. The summed E-state index contributed by atoms with van der Waals surface area (Å²) in [7, 11) is 4.13. The molecule has 2 nitrogen and oxygen atoms in total. The van der Waals surface area contributed by atoms with Gasteiger partial charge in [0.25, 0.3) is 0 Å². The fourth-order valence-corrected chi connectivity index (χ4v) is 2.56. The minimum absolute atomic E-state index is 1.02. The average molecular weight is 267 g/mol. The van der Waals surface area contributed by atoms with Crippen molar-refractivity contribution in [3.63, 3.8) is 0 Å². The van der Waals surface area contributed by atoms with E-state index in [1.54, 1.807) is 0 Å². The number of anilines is 2. The van der Waals surface area contributed by atoms with Gasteiger partial charge in [-0.25, -0.2) is 0 Å². The van der Waals surface area contributed by atoms with Gasteiger partial charge in [0.15, 0.2) is 0 Å². The smallest absolute Gasteiger partial charge is 0.0521 e. The summed E-state index contributed by atoms with van der Waals surface area (Å²) in [6, 6.07) is 18.2. The molecule has 20 heavy (non-hydrogen) atoms. The molecule has 0 aliphatic heterocycles. The molecule has 0 spiro atoms. The summed E-state index contributed by atoms with van der Waals surface area (Å²) in [5, 5.41) is 0. The van der Waals surface area contributed by atoms with E-state index in [1.165, 1.54) is 16.8 Å². The van der Waals surface area contributed by atoms with Gasteiger partial charge < -0.3 is 9.80 Å². The maximum Gasteiger partial charge on any atom is 0.0521 e. The van der Waals surface area contributed by atoms with E-state index < -0.39 is 0 Å². The number of hydrogen-bond acceptors (Lipinski definition) is 2. The zero-order valence-electron chi connectivity index (χ0n) is 12.9. The first-order valence-corrected chi connectivity index (χ1v) is 7.21. The SMILES string of the molecule is CCN(CC)c1ccccc1-c1ccc[c]c1N(C)C. The molecule has 0 saturated carbocycles. The fraction of sp³-hybridized carbons (Fsp3) is 0.333. The van der Waals surface area contributed by atoms with Crippen LogP contribution in [0.2, 0.25) is 0 Å². The van der Waals surface area contributed by atoms with Crippen LogP contribution in [0.3, 0.4) is 0 Å². The van der Waals surface area contributed by atoms with Crippen LogP contribution in [0.1, 0.15) is 13.8 Å². The van der Waals surface area contributed by atoms with Crippen LogP contribution in [0.4, 0.5) is 11.4 Å². The second-order valence-corrected chi connectivity index (χ2v) is 5.02. The Morgan fingerprint density at radius 3 is 2.20 bits per heavy atom. The van der Waals surface area contributed by atoms with E-state index in [9.17, 15) is 0 Å². The maximum absolute atomic E-state index is 3.34. The van der Waals surface area contributed by atoms with E-state index >= 15 is 0 Å². The topological polar surface area (TPSA) is 6.48 Å². The first-order valence-electron chi connectivity index (χ1n) is 7.21. The molecular weight excluding hydrogens is 244 g/mol. The Morgan fingerprint density at radius 2 is 1.55 bits per heavy atom. The van der Waals surface area contributed by atoms with E-state index in [1.807, 2.05) is 6.07 Å². The molecule has 0 aliphatic carbocycles. The third-order valence-electron chi connectivity index (χ3n) is 3.58. The summed E-state index contributed by atoms with van der Waals surface area (Å²) in [6.45, 7) is 6.43. The molecule has 2 heteroatoms. The normalized spacial score (nSPS) is 10.4. The van der Waals surface area contributed by atoms with Crippen LogP contribution < -0.4 is 9.80 Å². The van der Waals surface area contributed by atoms with Crippen molar-refractivity contribution >= 4 is 11.4 Å². The van der Waals surface area contributed by atoms with E-state index in [2.05, 4.69) is 80.2 Å². The predicted octanol–water partition coefficient (Wildman–Crippen LogP) is 4.07. The molecule has 0 amide bonds. The van der Waals surface area contributed by atoms with Gasteiger partial charge in [-0.1, -0.05) is 36.4 Å². The molecule has 0 bridgehead atoms. The van der Waals surface area contributed by atoms with Crippen LogP contribution in [0.5, 0.6) is 0 Å². The van der Waals surface area contributed by atoms with Gasteiger partial charge in [-0.15, -0.1) is 0 Å². The quantitative estimate of drug-likeness (QED) is 0.806. The molecule has 0 aliphatic rings. The van der Waals surface area contributed by atoms with Gasteiger partial charge in [0, 0.05) is 50.1 Å². The summed E-state index contributed by atoms with van der Waals surface area (Å²) in [4.78, 5) is 4.51. The van der Waals surface area contributed by atoms with Crippen LogP contribution in [0.15, 0.2) is 42.5 Å². The molecule has 0 atom stereocenters. The second-order valence-electron chi connectivity index (χ2n) is 5.02. The lowest BCUT2D eigenvalue weighted by atomic mass is 10.0. The van der Waals surface area contributed by atoms with Crippen LogP contribution in [0.25, 0.3) is 11.1 Å². The van der Waals surface area contributed by atoms with Gasteiger partial charge in [-0.05, 0) is 19.9 Å². The summed E-state index contributed by atoms with van der Waals surface area (Å²) in [5.41, 5.74) is 4.93. The number of hydrogen-bond donors (Lipinski definition) is 0. The van der Waals surface area contributed by atoms with Crippen molar-refractivity contribution in [3.05, 3.63) is 48.5 Å². The molecule has 2 aromatic carbocycles. The van der Waals surface area contributed by atoms with Crippen molar-refractivity contribution in [3.8, 4) is 11.1 Å². The Morgan fingerprint density at radius 1 is 0.900 bits per heavy atom. The largest absolute Gasteiger partial charge is 0.377 e. The molecule has 1 radical (unpaired) electrons. The van der Waals surface area contributed by atoms with Crippen LogP contribution in [-0.4, -0.2) is 27.2 Å². The number of nitrogens with zero attached hydrogens (tertiary/aromatic N) is 2. The van der Waals surface area contributed by atoms with Crippen LogP contribution >= 0.6 is 0 Å². The van der Waals surface area contributed by atoms with E-state index in [0.29, 0.717) is 0 Å². The molecule has 0 saturated heterocycles. The fourth-order valence-electron chi connectivity index (χ4n) is 2.56. The number of benzene rings is 2. The highest BCUT2D eigenvalue weighted by molar-refractivity contribution is 5.86. The van der Waals surface area contributed by atoms with Crippen molar-refractivity contribution in [2.45, 2.75) is 13.8 Å². The first-order chi connectivity index (χ1) is 9.69. The molecule has 2 rings (SSSR count). The van der Waals surface area contributed by atoms with Crippen molar-refractivity contribution in [1.82, 2.24) is 0 Å². The van der Waals surface area contributed by atoms with Gasteiger partial charge in [-0.2, -0.15) is 0 Å². The molecule has 0 fully saturated rings. The molecule has 0 heterocycles. The summed E-state index contributed by atoms with van der Waals surface area (Å²) in [6.07, 6.45) is 0. The Bertz CT molecular complexity index is 557. The maximum atomic E-state index is 3.34. The second kappa shape index (κ2) is 6.47. The zero-order valence-corrected chi connectivity index (χ0v) is 12.9. The number of rotatable bonds is 5. The highest BCUT2D eigenvalue weighted by Crippen LogP contribution is 2.36. The van der Waals surface area contributed by atoms with E-state index in [0.717, 1.165) is 18.8 Å². The highest BCUT2D eigenvalue weighted by Gasteiger charge is 2.13. The van der Waals surface area contributed by atoms with Crippen molar-refractivity contribution < 1.29 is 0 Å². The van der Waals surface area contributed by atoms with Gasteiger partial charge in [0.05, 0.1) is 5.69 Å². The lowest BCUT2D eigenvalue weighted by Crippen LogP contribution is -2.22. The Kier molecular flexibility index (Phi) is 4.67. The lowest BCUT2D eigenvalue weighted by Gasteiger charge is -2.26.